The first-order valence-corrected chi connectivity index (χ1v) is 8.32. The lowest BCUT2D eigenvalue weighted by atomic mass is 10.1. The molecule has 2 aromatic rings. The van der Waals surface area contributed by atoms with E-state index in [-0.39, 0.29) is 25.1 Å². The van der Waals surface area contributed by atoms with E-state index in [0.29, 0.717) is 12.8 Å². The molecule has 10 heteroatoms. The summed E-state index contributed by atoms with van der Waals surface area (Å²) < 4.78 is 38.6. The summed E-state index contributed by atoms with van der Waals surface area (Å²) >= 11 is 0. The number of halogens is 2. The normalized spacial score (nSPS) is 16.3. The third kappa shape index (κ3) is 3.00. The molecular formula is C18H18F2N2O6. The second-order valence-corrected chi connectivity index (χ2v) is 6.16. The summed E-state index contributed by atoms with van der Waals surface area (Å²) in [5.74, 6) is -4.35. The van der Waals surface area contributed by atoms with Gasteiger partial charge in [-0.3, -0.25) is 14.4 Å². The molecule has 0 bridgehead atoms. The minimum atomic E-state index is -1.25. The molecule has 1 atom stereocenters. The van der Waals surface area contributed by atoms with Crippen LogP contribution >= 0.6 is 0 Å². The minimum absolute atomic E-state index is 0. The average molecular weight is 396 g/mol. The highest BCUT2D eigenvalue weighted by Crippen LogP contribution is 2.30. The first-order chi connectivity index (χ1) is 13.3. The van der Waals surface area contributed by atoms with Crippen LogP contribution in [0.5, 0.6) is 5.75 Å². The molecule has 1 aliphatic rings. The van der Waals surface area contributed by atoms with Crippen molar-refractivity contribution in [1.29, 1.82) is 0 Å². The molecule has 0 saturated carbocycles. The van der Waals surface area contributed by atoms with E-state index in [1.807, 2.05) is 0 Å². The van der Waals surface area contributed by atoms with E-state index in [1.165, 1.54) is 0 Å². The number of nitrogens with zero attached hydrogens (tertiary/aromatic N) is 1. The SMILES string of the molecule is COC(=O)[C@@H]1CCCN1C(=O)c1c(F)ccc(Nc2c(OC)c(=O)c2=O)c1F.[HH]. The molecule has 2 aromatic carbocycles. The summed E-state index contributed by atoms with van der Waals surface area (Å²) in [5, 5.41) is 2.37. The van der Waals surface area contributed by atoms with E-state index >= 15 is 0 Å². The topological polar surface area (TPSA) is 102 Å². The van der Waals surface area contributed by atoms with Crippen LogP contribution in [0.4, 0.5) is 20.2 Å². The Labute approximate surface area is 158 Å². The van der Waals surface area contributed by atoms with Crippen molar-refractivity contribution < 1.29 is 29.3 Å². The van der Waals surface area contributed by atoms with Crippen LogP contribution in [0.3, 0.4) is 0 Å². The van der Waals surface area contributed by atoms with Crippen LogP contribution in [0.25, 0.3) is 0 Å². The highest BCUT2D eigenvalue weighted by atomic mass is 19.1. The predicted octanol–water partition coefficient (Wildman–Crippen LogP) is 1.34. The summed E-state index contributed by atoms with van der Waals surface area (Å²) in [6.45, 7) is 0.140. The number of nitrogens with one attached hydrogen (secondary N) is 1. The van der Waals surface area contributed by atoms with Gasteiger partial charge in [0.25, 0.3) is 16.8 Å². The van der Waals surface area contributed by atoms with Gasteiger partial charge in [-0.25, -0.2) is 13.6 Å². The third-order valence-electron chi connectivity index (χ3n) is 4.62. The van der Waals surface area contributed by atoms with Crippen molar-refractivity contribution in [2.24, 2.45) is 0 Å². The maximum absolute atomic E-state index is 14.9. The van der Waals surface area contributed by atoms with Gasteiger partial charge in [0.2, 0.25) is 0 Å². The van der Waals surface area contributed by atoms with E-state index in [4.69, 9.17) is 4.74 Å². The van der Waals surface area contributed by atoms with Crippen LogP contribution < -0.4 is 20.9 Å². The number of ether oxygens (including phenoxy) is 2. The number of benzene rings is 1. The van der Waals surface area contributed by atoms with Gasteiger partial charge in [0, 0.05) is 7.97 Å². The average Bonchev–Trinajstić information content (AvgIpc) is 3.18. The molecule has 1 aliphatic heterocycles. The molecule has 1 heterocycles. The lowest BCUT2D eigenvalue weighted by Gasteiger charge is -2.23. The number of hydrogen-bond donors (Lipinski definition) is 1. The third-order valence-corrected chi connectivity index (χ3v) is 4.62. The molecule has 0 aromatic heterocycles. The van der Waals surface area contributed by atoms with Gasteiger partial charge in [0.05, 0.1) is 19.9 Å². The molecule has 8 nitrogen and oxygen atoms in total. The van der Waals surface area contributed by atoms with Crippen LogP contribution in [-0.2, 0) is 9.53 Å². The van der Waals surface area contributed by atoms with E-state index in [0.717, 1.165) is 31.3 Å². The summed E-state index contributed by atoms with van der Waals surface area (Å²) in [5.41, 5.74) is -3.34. The zero-order valence-corrected chi connectivity index (χ0v) is 15.0. The van der Waals surface area contributed by atoms with Gasteiger partial charge in [-0.05, 0) is 25.0 Å². The predicted molar refractivity (Wildman–Crippen MR) is 95.7 cm³/mol. The Morgan fingerprint density at radius 2 is 1.93 bits per heavy atom. The zero-order chi connectivity index (χ0) is 20.6. The van der Waals surface area contributed by atoms with Crippen molar-refractivity contribution in [2.75, 3.05) is 26.1 Å². The zero-order valence-electron chi connectivity index (χ0n) is 15.0. The Balaban J connectivity index is 0.00000300. The number of hydrogen-bond acceptors (Lipinski definition) is 7. The van der Waals surface area contributed by atoms with Gasteiger partial charge in [-0.2, -0.15) is 0 Å². The lowest BCUT2D eigenvalue weighted by molar-refractivity contribution is -0.145. The Morgan fingerprint density at radius 1 is 1.21 bits per heavy atom. The van der Waals surface area contributed by atoms with E-state index in [1.54, 1.807) is 0 Å². The number of rotatable bonds is 5. The molecular weight excluding hydrogens is 378 g/mol. The summed E-state index contributed by atoms with van der Waals surface area (Å²) in [6.07, 6.45) is 0.799. The fraction of sp³-hybridized carbons (Fsp3) is 0.333. The van der Waals surface area contributed by atoms with Crippen LogP contribution in [0.1, 0.15) is 24.6 Å². The number of amides is 1. The number of methoxy groups -OCH3 is 2. The molecule has 0 spiro atoms. The maximum atomic E-state index is 14.9. The number of esters is 1. The molecule has 0 radical (unpaired) electrons. The Morgan fingerprint density at radius 3 is 2.57 bits per heavy atom. The lowest BCUT2D eigenvalue weighted by Crippen LogP contribution is -2.41. The molecule has 28 heavy (non-hydrogen) atoms. The van der Waals surface area contributed by atoms with Crippen LogP contribution in [-0.4, -0.2) is 43.6 Å². The molecule has 3 rings (SSSR count). The number of carbonyl (C=O) groups is 2. The van der Waals surface area contributed by atoms with Gasteiger partial charge in [0.1, 0.15) is 23.1 Å². The van der Waals surface area contributed by atoms with Crippen LogP contribution in [0.15, 0.2) is 21.7 Å². The molecule has 1 N–H and O–H groups in total. The molecule has 0 aliphatic carbocycles. The Bertz CT molecular complexity index is 1030. The van der Waals surface area contributed by atoms with E-state index < -0.39 is 46.0 Å². The quantitative estimate of drug-likeness (QED) is 0.601. The first kappa shape index (κ1) is 19.5. The smallest absolute Gasteiger partial charge is 0.328 e. The van der Waals surface area contributed by atoms with Gasteiger partial charge in [-0.1, -0.05) is 0 Å². The maximum Gasteiger partial charge on any atom is 0.328 e. The van der Waals surface area contributed by atoms with Crippen molar-refractivity contribution in [3.63, 3.8) is 0 Å². The van der Waals surface area contributed by atoms with E-state index in [9.17, 15) is 28.0 Å². The van der Waals surface area contributed by atoms with Crippen LogP contribution in [0.2, 0.25) is 0 Å². The van der Waals surface area contributed by atoms with Gasteiger partial charge >= 0.3 is 5.97 Å². The van der Waals surface area contributed by atoms with Gasteiger partial charge in [0.15, 0.2) is 11.6 Å². The molecule has 0 unspecified atom stereocenters. The fourth-order valence-electron chi connectivity index (χ4n) is 3.19. The second kappa shape index (κ2) is 7.37. The first-order valence-electron chi connectivity index (χ1n) is 8.32. The highest BCUT2D eigenvalue weighted by molar-refractivity contribution is 5.98. The number of likely N-dealkylation sites (tertiary alicyclic amines) is 1. The van der Waals surface area contributed by atoms with Crippen molar-refractivity contribution in [3.05, 3.63) is 49.8 Å². The minimum Gasteiger partial charge on any atom is -0.491 e. The molecule has 150 valence electrons. The highest BCUT2D eigenvalue weighted by Gasteiger charge is 2.38. The van der Waals surface area contributed by atoms with Gasteiger partial charge < -0.3 is 19.7 Å². The van der Waals surface area contributed by atoms with Crippen LogP contribution in [0, 0.1) is 11.6 Å². The second-order valence-electron chi connectivity index (χ2n) is 6.16. The Kier molecular flexibility index (Phi) is 5.12. The van der Waals surface area contributed by atoms with Crippen molar-refractivity contribution in [2.45, 2.75) is 18.9 Å². The Hall–Kier alpha value is -3.30. The summed E-state index contributed by atoms with van der Waals surface area (Å²) in [7, 11) is 2.32. The van der Waals surface area contributed by atoms with Crippen molar-refractivity contribution >= 4 is 23.3 Å². The standard InChI is InChI=1S/C18H16F2N2O6.H2/c1-27-16-13(14(23)15(16)24)21-9-6-5-8(19)11(12(9)20)17(25)22-7-3-4-10(22)18(26)28-2;/h5-6,10,21H,3-4,7H2,1-2H3;1H/t10-;/m0./s1. The van der Waals surface area contributed by atoms with E-state index in [2.05, 4.69) is 10.1 Å². The monoisotopic (exact) mass is 396 g/mol. The summed E-state index contributed by atoms with van der Waals surface area (Å²) in [6, 6.07) is 0.904. The van der Waals surface area contributed by atoms with Crippen molar-refractivity contribution in [1.82, 2.24) is 4.90 Å². The molecule has 1 saturated heterocycles. The molecule has 1 amide bonds. The molecule has 1 fully saturated rings. The largest absolute Gasteiger partial charge is 0.491 e. The summed E-state index contributed by atoms with van der Waals surface area (Å²) in [4.78, 5) is 48.6. The fourth-order valence-corrected chi connectivity index (χ4v) is 3.19. The van der Waals surface area contributed by atoms with Gasteiger partial charge in [-0.15, -0.1) is 0 Å². The van der Waals surface area contributed by atoms with Crippen molar-refractivity contribution in [3.8, 4) is 5.75 Å². The number of anilines is 2. The number of carbonyl (C=O) groups excluding carboxylic acids is 2.